The van der Waals surface area contributed by atoms with Crippen molar-refractivity contribution < 1.29 is 0 Å². The number of benzene rings is 1. The molecule has 0 aliphatic carbocycles. The zero-order valence-electron chi connectivity index (χ0n) is 9.46. The molecule has 0 saturated heterocycles. The normalized spacial score (nSPS) is 12.1. The molecule has 0 amide bonds. The maximum Gasteiger partial charge on any atom is -0.0242 e. The molecule has 0 saturated carbocycles. The second-order valence-corrected chi connectivity index (χ2v) is 4.24. The average Bonchev–Trinajstić information content (AvgIpc) is 2.15. The van der Waals surface area contributed by atoms with Crippen LogP contribution in [0.3, 0.4) is 0 Å². The number of hydrogen-bond donors (Lipinski definition) is 0. The number of allylic oxidation sites excluding steroid dienone is 2. The van der Waals surface area contributed by atoms with E-state index in [4.69, 9.17) is 0 Å². The Morgan fingerprint density at radius 3 is 2.43 bits per heavy atom. The van der Waals surface area contributed by atoms with Crippen LogP contribution < -0.4 is 0 Å². The fraction of sp³-hybridized carbons (Fsp3) is 0.429. The summed E-state index contributed by atoms with van der Waals surface area (Å²) in [6.07, 6.45) is 4.70. The van der Waals surface area contributed by atoms with Crippen LogP contribution in [0.1, 0.15) is 32.8 Å². The third kappa shape index (κ3) is 4.27. The van der Waals surface area contributed by atoms with Gasteiger partial charge in [0.1, 0.15) is 0 Å². The standard InChI is InChI=1S/C14H20/c1-12(2)11-13(3)9-10-14-7-5-4-6-8-14/h4-8,11-12H,9-10H2,1-3H3/b13-11+. The molecule has 0 aliphatic heterocycles. The predicted octanol–water partition coefficient (Wildman–Crippen LogP) is 4.22. The summed E-state index contributed by atoms with van der Waals surface area (Å²) in [4.78, 5) is 0. The summed E-state index contributed by atoms with van der Waals surface area (Å²) in [7, 11) is 0. The molecule has 0 aliphatic rings. The summed E-state index contributed by atoms with van der Waals surface area (Å²) >= 11 is 0. The first-order valence-electron chi connectivity index (χ1n) is 5.39. The maximum absolute atomic E-state index is 2.35. The highest BCUT2D eigenvalue weighted by Crippen LogP contribution is 2.10. The lowest BCUT2D eigenvalue weighted by Crippen LogP contribution is -1.88. The zero-order valence-corrected chi connectivity index (χ0v) is 9.46. The molecule has 0 unspecified atom stereocenters. The maximum atomic E-state index is 2.35. The van der Waals surface area contributed by atoms with Gasteiger partial charge in [-0.1, -0.05) is 55.8 Å². The summed E-state index contributed by atoms with van der Waals surface area (Å²) in [5.74, 6) is 0.672. The Balaban J connectivity index is 2.42. The van der Waals surface area contributed by atoms with E-state index < -0.39 is 0 Å². The second-order valence-electron chi connectivity index (χ2n) is 4.24. The summed E-state index contributed by atoms with van der Waals surface area (Å²) < 4.78 is 0. The van der Waals surface area contributed by atoms with E-state index in [1.165, 1.54) is 17.6 Å². The van der Waals surface area contributed by atoms with Gasteiger partial charge in [0.2, 0.25) is 0 Å². The molecule has 0 fully saturated rings. The van der Waals surface area contributed by atoms with Crippen LogP contribution in [0.15, 0.2) is 42.0 Å². The Hall–Kier alpha value is -1.04. The molecule has 0 heteroatoms. The van der Waals surface area contributed by atoms with E-state index >= 15 is 0 Å². The van der Waals surface area contributed by atoms with Gasteiger partial charge in [-0.3, -0.25) is 0 Å². The van der Waals surface area contributed by atoms with E-state index in [0.29, 0.717) is 5.92 Å². The second kappa shape index (κ2) is 5.64. The van der Waals surface area contributed by atoms with Gasteiger partial charge in [-0.25, -0.2) is 0 Å². The van der Waals surface area contributed by atoms with Gasteiger partial charge in [0.05, 0.1) is 0 Å². The molecule has 14 heavy (non-hydrogen) atoms. The Bertz CT molecular complexity index is 280. The highest BCUT2D eigenvalue weighted by molar-refractivity contribution is 5.16. The van der Waals surface area contributed by atoms with E-state index in [1.54, 1.807) is 0 Å². The Morgan fingerprint density at radius 2 is 1.86 bits per heavy atom. The lowest BCUT2D eigenvalue weighted by atomic mass is 10.0. The Kier molecular flexibility index (Phi) is 4.45. The topological polar surface area (TPSA) is 0 Å². The molecule has 0 bridgehead atoms. The van der Waals surface area contributed by atoms with Crippen molar-refractivity contribution in [3.8, 4) is 0 Å². The fourth-order valence-electron chi connectivity index (χ4n) is 1.64. The molecular weight excluding hydrogens is 168 g/mol. The van der Waals surface area contributed by atoms with Crippen molar-refractivity contribution in [1.29, 1.82) is 0 Å². The third-order valence-corrected chi connectivity index (χ3v) is 2.27. The van der Waals surface area contributed by atoms with Crippen LogP contribution in [0.25, 0.3) is 0 Å². The monoisotopic (exact) mass is 188 g/mol. The molecule has 0 spiro atoms. The largest absolute Gasteiger partial charge is 0.0830 e. The first kappa shape index (κ1) is 11.0. The highest BCUT2D eigenvalue weighted by atomic mass is 14.0. The van der Waals surface area contributed by atoms with Crippen LogP contribution in [-0.4, -0.2) is 0 Å². The van der Waals surface area contributed by atoms with Crippen LogP contribution >= 0.6 is 0 Å². The van der Waals surface area contributed by atoms with Gasteiger partial charge >= 0.3 is 0 Å². The number of rotatable bonds is 4. The quantitative estimate of drug-likeness (QED) is 0.620. The van der Waals surface area contributed by atoms with Crippen LogP contribution in [0.2, 0.25) is 0 Å². The summed E-state index contributed by atoms with van der Waals surface area (Å²) in [5, 5.41) is 0. The molecule has 76 valence electrons. The third-order valence-electron chi connectivity index (χ3n) is 2.27. The smallest absolute Gasteiger partial charge is 0.0242 e. The van der Waals surface area contributed by atoms with Crippen LogP contribution in [0.5, 0.6) is 0 Å². The van der Waals surface area contributed by atoms with Crippen molar-refractivity contribution in [2.45, 2.75) is 33.6 Å². The van der Waals surface area contributed by atoms with Crippen molar-refractivity contribution in [2.24, 2.45) is 5.92 Å². The van der Waals surface area contributed by atoms with Gasteiger partial charge < -0.3 is 0 Å². The van der Waals surface area contributed by atoms with E-state index in [1.807, 2.05) is 0 Å². The first-order chi connectivity index (χ1) is 6.68. The minimum Gasteiger partial charge on any atom is -0.0830 e. The van der Waals surface area contributed by atoms with Crippen molar-refractivity contribution >= 4 is 0 Å². The van der Waals surface area contributed by atoms with Crippen molar-refractivity contribution in [2.75, 3.05) is 0 Å². The van der Waals surface area contributed by atoms with Gasteiger partial charge in [-0.05, 0) is 31.2 Å². The van der Waals surface area contributed by atoms with Crippen molar-refractivity contribution in [3.63, 3.8) is 0 Å². The lowest BCUT2D eigenvalue weighted by molar-refractivity contribution is 0.803. The van der Waals surface area contributed by atoms with Gasteiger partial charge in [0.25, 0.3) is 0 Å². The zero-order chi connectivity index (χ0) is 10.4. The number of hydrogen-bond acceptors (Lipinski definition) is 0. The molecule has 0 N–H and O–H groups in total. The molecule has 1 aromatic rings. The van der Waals surface area contributed by atoms with E-state index in [2.05, 4.69) is 57.2 Å². The molecule has 1 aromatic carbocycles. The van der Waals surface area contributed by atoms with Gasteiger partial charge in [0.15, 0.2) is 0 Å². The molecule has 0 heterocycles. The SMILES string of the molecule is C/C(=C\C(C)C)CCc1ccccc1. The molecule has 0 aromatic heterocycles. The molecule has 0 nitrogen and oxygen atoms in total. The van der Waals surface area contributed by atoms with Gasteiger partial charge in [-0.2, -0.15) is 0 Å². The fourth-order valence-corrected chi connectivity index (χ4v) is 1.64. The van der Waals surface area contributed by atoms with E-state index in [9.17, 15) is 0 Å². The molecule has 0 radical (unpaired) electrons. The minimum absolute atomic E-state index is 0.672. The van der Waals surface area contributed by atoms with Gasteiger partial charge in [-0.15, -0.1) is 0 Å². The van der Waals surface area contributed by atoms with Crippen LogP contribution in [-0.2, 0) is 6.42 Å². The highest BCUT2D eigenvalue weighted by Gasteiger charge is 1.94. The molecule has 1 rings (SSSR count). The van der Waals surface area contributed by atoms with E-state index in [0.717, 1.165) is 6.42 Å². The summed E-state index contributed by atoms with van der Waals surface area (Å²) in [6.45, 7) is 6.68. The molecule has 0 atom stereocenters. The Morgan fingerprint density at radius 1 is 1.21 bits per heavy atom. The number of aryl methyl sites for hydroxylation is 1. The predicted molar refractivity (Wildman–Crippen MR) is 63.4 cm³/mol. The lowest BCUT2D eigenvalue weighted by Gasteiger charge is -2.03. The first-order valence-corrected chi connectivity index (χ1v) is 5.39. The van der Waals surface area contributed by atoms with Crippen LogP contribution in [0, 0.1) is 5.92 Å². The average molecular weight is 188 g/mol. The minimum atomic E-state index is 0.672. The van der Waals surface area contributed by atoms with Crippen molar-refractivity contribution in [1.82, 2.24) is 0 Å². The van der Waals surface area contributed by atoms with E-state index in [-0.39, 0.29) is 0 Å². The van der Waals surface area contributed by atoms with Crippen LogP contribution in [0.4, 0.5) is 0 Å². The Labute approximate surface area is 87.7 Å². The van der Waals surface area contributed by atoms with Gasteiger partial charge in [0, 0.05) is 0 Å². The molecular formula is C14H20. The van der Waals surface area contributed by atoms with Crippen molar-refractivity contribution in [3.05, 3.63) is 47.5 Å². The summed E-state index contributed by atoms with van der Waals surface area (Å²) in [6, 6.07) is 10.7. The summed E-state index contributed by atoms with van der Waals surface area (Å²) in [5.41, 5.74) is 2.94.